The summed E-state index contributed by atoms with van der Waals surface area (Å²) in [5.74, 6) is -1.35. The Hall–Kier alpha value is -4.33. The smallest absolute Gasteiger partial charge is 0.410 e. The van der Waals surface area contributed by atoms with E-state index < -0.39 is 24.2 Å². The van der Waals surface area contributed by atoms with Gasteiger partial charge in [-0.2, -0.15) is 0 Å². The van der Waals surface area contributed by atoms with E-state index in [-0.39, 0.29) is 31.5 Å². The number of carbonyl (C=O) groups is 3. The summed E-state index contributed by atoms with van der Waals surface area (Å²) in [6, 6.07) is 24.9. The van der Waals surface area contributed by atoms with Gasteiger partial charge in [-0.25, -0.2) is 9.59 Å². The quantitative estimate of drug-likeness (QED) is 0.405. The summed E-state index contributed by atoms with van der Waals surface area (Å²) in [6.45, 7) is 1.13. The molecule has 3 aromatic carbocycles. The maximum atomic E-state index is 12.9. The molecule has 1 saturated heterocycles. The Morgan fingerprint density at radius 1 is 0.897 bits per heavy atom. The average molecular weight is 529 g/mol. The number of aliphatic carboxylic acids is 1. The first-order valence-corrected chi connectivity index (χ1v) is 13.3. The van der Waals surface area contributed by atoms with E-state index >= 15 is 0 Å². The number of piperidine rings is 1. The zero-order valence-corrected chi connectivity index (χ0v) is 21.6. The molecule has 0 aromatic heterocycles. The van der Waals surface area contributed by atoms with Gasteiger partial charge in [0.1, 0.15) is 13.2 Å². The van der Waals surface area contributed by atoms with Crippen LogP contribution in [0.2, 0.25) is 0 Å². The van der Waals surface area contributed by atoms with E-state index in [0.29, 0.717) is 25.9 Å². The number of amides is 2. The van der Waals surface area contributed by atoms with Gasteiger partial charge in [0.15, 0.2) is 0 Å². The molecule has 2 aliphatic rings. The van der Waals surface area contributed by atoms with E-state index in [4.69, 9.17) is 9.47 Å². The average Bonchev–Trinajstić information content (AvgIpc) is 3.28. The largest absolute Gasteiger partial charge is 0.481 e. The van der Waals surface area contributed by atoms with E-state index in [9.17, 15) is 19.5 Å². The van der Waals surface area contributed by atoms with Crippen LogP contribution in [0.25, 0.3) is 11.1 Å². The zero-order chi connectivity index (χ0) is 27.2. The molecule has 1 aliphatic heterocycles. The molecule has 5 rings (SSSR count). The van der Waals surface area contributed by atoms with Crippen LogP contribution >= 0.6 is 0 Å². The van der Waals surface area contributed by atoms with Crippen molar-refractivity contribution in [3.8, 4) is 11.1 Å². The first-order valence-electron chi connectivity index (χ1n) is 13.3. The molecule has 1 aliphatic carbocycles. The number of hydrogen-bond acceptors (Lipinski definition) is 5. The summed E-state index contributed by atoms with van der Waals surface area (Å²) in [5, 5.41) is 12.3. The minimum Gasteiger partial charge on any atom is -0.481 e. The Bertz CT molecular complexity index is 1280. The number of carboxylic acid groups (broad SMARTS) is 1. The predicted octanol–water partition coefficient (Wildman–Crippen LogP) is 5.42. The molecule has 2 amide bonds. The van der Waals surface area contributed by atoms with Crippen LogP contribution in [0.1, 0.15) is 41.9 Å². The van der Waals surface area contributed by atoms with Crippen LogP contribution in [-0.2, 0) is 20.9 Å². The van der Waals surface area contributed by atoms with Crippen molar-refractivity contribution in [3.63, 3.8) is 0 Å². The number of ether oxygens (including phenoxy) is 2. The van der Waals surface area contributed by atoms with Crippen LogP contribution in [0.4, 0.5) is 9.59 Å². The van der Waals surface area contributed by atoms with Crippen LogP contribution in [0.3, 0.4) is 0 Å². The first kappa shape index (κ1) is 26.3. The molecule has 0 radical (unpaired) electrons. The normalized spacial score (nSPS) is 17.0. The van der Waals surface area contributed by atoms with E-state index in [1.165, 1.54) is 0 Å². The van der Waals surface area contributed by atoms with Crippen molar-refractivity contribution in [2.45, 2.75) is 37.8 Å². The molecule has 8 heteroatoms. The summed E-state index contributed by atoms with van der Waals surface area (Å²) in [5.41, 5.74) is 5.36. The van der Waals surface area contributed by atoms with Gasteiger partial charge < -0.3 is 24.8 Å². The van der Waals surface area contributed by atoms with E-state index in [0.717, 1.165) is 27.8 Å². The lowest BCUT2D eigenvalue weighted by Gasteiger charge is -2.36. The Labute approximate surface area is 227 Å². The van der Waals surface area contributed by atoms with Gasteiger partial charge in [0.2, 0.25) is 0 Å². The number of rotatable bonds is 8. The number of benzene rings is 3. The minimum atomic E-state index is -1.03. The van der Waals surface area contributed by atoms with Crippen LogP contribution in [0.15, 0.2) is 78.9 Å². The fourth-order valence-corrected chi connectivity index (χ4v) is 5.63. The van der Waals surface area contributed by atoms with Crippen molar-refractivity contribution in [2.24, 2.45) is 5.92 Å². The summed E-state index contributed by atoms with van der Waals surface area (Å²) in [4.78, 5) is 38.9. The van der Waals surface area contributed by atoms with Gasteiger partial charge in [0.25, 0.3) is 0 Å². The lowest BCUT2D eigenvalue weighted by atomic mass is 9.89. The molecule has 2 atom stereocenters. The monoisotopic (exact) mass is 528 g/mol. The Kier molecular flexibility index (Phi) is 8.10. The Balaban J connectivity index is 1.19. The van der Waals surface area contributed by atoms with E-state index in [2.05, 4.69) is 17.4 Å². The molecule has 0 spiro atoms. The molecular weight excluding hydrogens is 496 g/mol. The fourth-order valence-electron chi connectivity index (χ4n) is 5.63. The second-order valence-corrected chi connectivity index (χ2v) is 10.1. The highest BCUT2D eigenvalue weighted by Crippen LogP contribution is 2.44. The first-order chi connectivity index (χ1) is 19.0. The lowest BCUT2D eigenvalue weighted by Crippen LogP contribution is -2.50. The fraction of sp³-hybridized carbons (Fsp3) is 0.323. The summed E-state index contributed by atoms with van der Waals surface area (Å²) < 4.78 is 11.1. The van der Waals surface area contributed by atoms with Crippen molar-refractivity contribution >= 4 is 18.2 Å². The number of nitrogens with zero attached hydrogens (tertiary/aromatic N) is 1. The van der Waals surface area contributed by atoms with E-state index in [1.807, 2.05) is 66.7 Å². The molecule has 1 fully saturated rings. The highest BCUT2D eigenvalue weighted by molar-refractivity contribution is 5.79. The van der Waals surface area contributed by atoms with Crippen molar-refractivity contribution in [1.29, 1.82) is 0 Å². The molecule has 202 valence electrons. The highest BCUT2D eigenvalue weighted by atomic mass is 16.6. The van der Waals surface area contributed by atoms with Crippen LogP contribution in [0, 0.1) is 5.92 Å². The van der Waals surface area contributed by atoms with Crippen LogP contribution < -0.4 is 5.32 Å². The number of likely N-dealkylation sites (tertiary alicyclic amines) is 1. The molecule has 39 heavy (non-hydrogen) atoms. The second-order valence-electron chi connectivity index (χ2n) is 10.1. The topological polar surface area (TPSA) is 105 Å². The maximum absolute atomic E-state index is 12.9. The van der Waals surface area contributed by atoms with Gasteiger partial charge in [0.05, 0.1) is 6.42 Å². The molecule has 0 unspecified atom stereocenters. The zero-order valence-electron chi connectivity index (χ0n) is 21.6. The Morgan fingerprint density at radius 2 is 1.54 bits per heavy atom. The molecule has 0 bridgehead atoms. The minimum absolute atomic E-state index is 0.0920. The van der Waals surface area contributed by atoms with Gasteiger partial charge >= 0.3 is 18.2 Å². The van der Waals surface area contributed by atoms with Crippen molar-refractivity contribution in [3.05, 3.63) is 95.6 Å². The third-order valence-electron chi connectivity index (χ3n) is 7.53. The molecule has 0 saturated carbocycles. The standard InChI is InChI=1S/C31H32N2O6/c34-29(35)17-28(22-11-8-16-33(18-22)31(37)39-19-21-9-2-1-3-10-21)32-30(36)38-20-27-25-14-6-4-12-23(25)24-13-5-7-15-26(24)27/h1-7,9-10,12-15,22,27-28H,8,11,16-20H2,(H,32,36)(H,34,35)/t22-,28-/m0/s1. The number of nitrogens with one attached hydrogen (secondary N) is 1. The molecular formula is C31H32N2O6. The third kappa shape index (κ3) is 6.22. The maximum Gasteiger partial charge on any atom is 0.410 e. The molecule has 1 heterocycles. The van der Waals surface area contributed by atoms with Crippen LogP contribution in [0.5, 0.6) is 0 Å². The van der Waals surface area contributed by atoms with Crippen molar-refractivity contribution in [2.75, 3.05) is 19.7 Å². The Morgan fingerprint density at radius 3 is 2.21 bits per heavy atom. The lowest BCUT2D eigenvalue weighted by molar-refractivity contribution is -0.138. The number of carbonyl (C=O) groups excluding carboxylic acids is 2. The van der Waals surface area contributed by atoms with Gasteiger partial charge in [0, 0.05) is 25.0 Å². The van der Waals surface area contributed by atoms with Gasteiger partial charge in [-0.15, -0.1) is 0 Å². The summed E-state index contributed by atoms with van der Waals surface area (Å²) in [6.07, 6.45) is 0.00467. The second kappa shape index (κ2) is 12.0. The van der Waals surface area contributed by atoms with Crippen molar-refractivity contribution in [1.82, 2.24) is 10.2 Å². The number of fused-ring (bicyclic) bond motifs is 3. The number of alkyl carbamates (subject to hydrolysis) is 1. The molecule has 3 aromatic rings. The summed E-state index contributed by atoms with van der Waals surface area (Å²) >= 11 is 0. The SMILES string of the molecule is O=C(O)C[C@H](NC(=O)OCC1c2ccccc2-c2ccccc21)[C@H]1CCCN(C(=O)OCc2ccccc2)C1. The third-order valence-corrected chi connectivity index (χ3v) is 7.53. The van der Waals surface area contributed by atoms with Gasteiger partial charge in [-0.3, -0.25) is 4.79 Å². The van der Waals surface area contributed by atoms with Crippen LogP contribution in [-0.4, -0.2) is 53.9 Å². The number of carboxylic acids is 1. The van der Waals surface area contributed by atoms with E-state index in [1.54, 1.807) is 4.90 Å². The van der Waals surface area contributed by atoms with Gasteiger partial charge in [-0.1, -0.05) is 78.9 Å². The predicted molar refractivity (Wildman–Crippen MR) is 145 cm³/mol. The number of hydrogen-bond donors (Lipinski definition) is 2. The summed E-state index contributed by atoms with van der Waals surface area (Å²) in [7, 11) is 0. The molecule has 8 nitrogen and oxygen atoms in total. The molecule has 2 N–H and O–H groups in total. The van der Waals surface area contributed by atoms with Crippen molar-refractivity contribution < 1.29 is 29.0 Å². The highest BCUT2D eigenvalue weighted by Gasteiger charge is 2.34. The van der Waals surface area contributed by atoms with Gasteiger partial charge in [-0.05, 0) is 46.6 Å².